The number of hydrogen-bond acceptors (Lipinski definition) is 9. The summed E-state index contributed by atoms with van der Waals surface area (Å²) in [6, 6.07) is 9.91. The van der Waals surface area contributed by atoms with E-state index in [2.05, 4.69) is 25.3 Å². The van der Waals surface area contributed by atoms with Gasteiger partial charge in [-0.1, -0.05) is 18.2 Å². The van der Waals surface area contributed by atoms with E-state index in [1.165, 1.54) is 23.5 Å². The van der Waals surface area contributed by atoms with Gasteiger partial charge in [0.25, 0.3) is 23.5 Å². The van der Waals surface area contributed by atoms with E-state index in [9.17, 15) is 24.0 Å². The molecule has 3 amide bonds. The van der Waals surface area contributed by atoms with Gasteiger partial charge in [0.1, 0.15) is 11.4 Å². The Morgan fingerprint density at radius 3 is 2.62 bits per heavy atom. The maximum atomic E-state index is 13.3. The van der Waals surface area contributed by atoms with Gasteiger partial charge in [0.05, 0.1) is 35.2 Å². The number of benzene rings is 1. The molecule has 3 atom stereocenters. The average Bonchev–Trinajstić information content (AvgIpc) is 3.73. The predicted molar refractivity (Wildman–Crippen MR) is 143 cm³/mol. The zero-order valence-corrected chi connectivity index (χ0v) is 21.7. The molecule has 0 radical (unpaired) electrons. The number of piperazine rings is 1. The standard InChI is InChI=1S/C28H21N7O7/c36-22-18-14-6-7-30-20(15-10-29-11-17(31-15)32-25(37)23-24(42-23)28(40)41)19(14)33-21(18)16-12-34(8-9-35(16)27(22)39)26(38)13-4-2-1-3-5-13/h1-7,10-11,16,23-24,33H,8-9,12H2,(H,40,41)(H,31,32,37)/t16-,23?,24?/m0/s1. The summed E-state index contributed by atoms with van der Waals surface area (Å²) in [7, 11) is 0. The van der Waals surface area contributed by atoms with Crippen molar-refractivity contribution in [3.8, 4) is 11.4 Å². The smallest absolute Gasteiger partial charge is 0.336 e. The van der Waals surface area contributed by atoms with Gasteiger partial charge in [-0.2, -0.15) is 0 Å². The number of amides is 3. The minimum absolute atomic E-state index is 0.0482. The molecule has 2 saturated heterocycles. The van der Waals surface area contributed by atoms with Crippen LogP contribution in [0.4, 0.5) is 5.82 Å². The number of H-pyrrole nitrogens is 1. The summed E-state index contributed by atoms with van der Waals surface area (Å²) in [4.78, 5) is 82.5. The zero-order chi connectivity index (χ0) is 29.1. The number of ketones is 1. The summed E-state index contributed by atoms with van der Waals surface area (Å²) in [5.41, 5.74) is 2.26. The SMILES string of the molecule is O=C1C(=O)N2CCN(C(=O)c3ccccc3)C[C@H]2c2[nH]c3c(-c4cncc(NC(=O)C5OC5C(=O)O)n4)nccc3c21. The molecule has 1 aromatic carbocycles. The van der Waals surface area contributed by atoms with Crippen molar-refractivity contribution < 1.29 is 33.8 Å². The molecule has 3 aliphatic rings. The molecule has 14 nitrogen and oxygen atoms in total. The number of anilines is 1. The maximum Gasteiger partial charge on any atom is 0.336 e. The van der Waals surface area contributed by atoms with Crippen LogP contribution in [0.15, 0.2) is 55.0 Å². The van der Waals surface area contributed by atoms with E-state index in [0.717, 1.165) is 0 Å². The molecule has 3 N–H and O–H groups in total. The van der Waals surface area contributed by atoms with Gasteiger partial charge in [-0.15, -0.1) is 0 Å². The largest absolute Gasteiger partial charge is 0.479 e. The number of rotatable bonds is 5. The average molecular weight is 568 g/mol. The Labute approximate surface area is 236 Å². The first-order valence-electron chi connectivity index (χ1n) is 13.0. The number of Topliss-reactive ketones (excluding diaryl/α,β-unsaturated/α-hetero) is 1. The minimum Gasteiger partial charge on any atom is -0.479 e. The number of ether oxygens (including phenoxy) is 1. The van der Waals surface area contributed by atoms with E-state index in [4.69, 9.17) is 9.84 Å². The Balaban J connectivity index is 1.23. The van der Waals surface area contributed by atoms with Crippen LogP contribution < -0.4 is 5.32 Å². The van der Waals surface area contributed by atoms with Crippen LogP contribution >= 0.6 is 0 Å². The number of carbonyl (C=O) groups excluding carboxylic acids is 4. The molecule has 2 unspecified atom stereocenters. The Hall–Kier alpha value is -5.50. The Bertz CT molecular complexity index is 1820. The van der Waals surface area contributed by atoms with Crippen molar-refractivity contribution in [3.63, 3.8) is 0 Å². The van der Waals surface area contributed by atoms with Gasteiger partial charge in [-0.3, -0.25) is 29.1 Å². The van der Waals surface area contributed by atoms with E-state index in [1.54, 1.807) is 35.2 Å². The normalized spacial score (nSPS) is 21.1. The van der Waals surface area contributed by atoms with E-state index in [0.29, 0.717) is 34.4 Å². The number of aliphatic carboxylic acids is 1. The summed E-state index contributed by atoms with van der Waals surface area (Å²) in [5.74, 6) is -3.32. The van der Waals surface area contributed by atoms with Crippen molar-refractivity contribution in [1.29, 1.82) is 0 Å². The van der Waals surface area contributed by atoms with Gasteiger partial charge < -0.3 is 29.9 Å². The van der Waals surface area contributed by atoms with Crippen molar-refractivity contribution in [3.05, 3.63) is 71.8 Å². The first-order chi connectivity index (χ1) is 20.3. The summed E-state index contributed by atoms with van der Waals surface area (Å²) in [6.45, 7) is 0.685. The first-order valence-corrected chi connectivity index (χ1v) is 13.0. The number of epoxide rings is 1. The highest BCUT2D eigenvalue weighted by Gasteiger charge is 2.51. The molecule has 0 spiro atoms. The lowest BCUT2D eigenvalue weighted by Gasteiger charge is -2.43. The van der Waals surface area contributed by atoms with Crippen LogP contribution in [-0.2, 0) is 19.1 Å². The maximum absolute atomic E-state index is 13.3. The molecule has 4 aromatic rings. The number of nitrogens with zero attached hydrogens (tertiary/aromatic N) is 5. The Morgan fingerprint density at radius 2 is 1.86 bits per heavy atom. The molecule has 0 bridgehead atoms. The second-order valence-electron chi connectivity index (χ2n) is 10.1. The first kappa shape index (κ1) is 25.5. The molecule has 2 fully saturated rings. The van der Waals surface area contributed by atoms with Crippen LogP contribution in [0.3, 0.4) is 0 Å². The van der Waals surface area contributed by atoms with E-state index in [-0.39, 0.29) is 36.1 Å². The van der Waals surface area contributed by atoms with Crippen molar-refractivity contribution in [2.24, 2.45) is 0 Å². The molecule has 0 saturated carbocycles. The number of aromatic amines is 1. The lowest BCUT2D eigenvalue weighted by atomic mass is 9.93. The number of carboxylic acids is 1. The fourth-order valence-electron chi connectivity index (χ4n) is 5.52. The van der Waals surface area contributed by atoms with E-state index < -0.39 is 41.8 Å². The minimum atomic E-state index is -1.24. The third-order valence-corrected chi connectivity index (χ3v) is 7.57. The van der Waals surface area contributed by atoms with Crippen LogP contribution in [-0.4, -0.2) is 96.2 Å². The number of aromatic nitrogens is 4. The molecule has 14 heteroatoms. The monoisotopic (exact) mass is 567 g/mol. The highest BCUT2D eigenvalue weighted by atomic mass is 16.6. The summed E-state index contributed by atoms with van der Waals surface area (Å²) < 4.78 is 4.88. The van der Waals surface area contributed by atoms with Crippen LogP contribution in [0, 0.1) is 0 Å². The highest BCUT2D eigenvalue weighted by Crippen LogP contribution is 2.39. The Morgan fingerprint density at radius 1 is 1.05 bits per heavy atom. The number of carbonyl (C=O) groups is 5. The molecule has 42 heavy (non-hydrogen) atoms. The molecule has 3 aliphatic heterocycles. The highest BCUT2D eigenvalue weighted by molar-refractivity contribution is 6.46. The van der Waals surface area contributed by atoms with Gasteiger partial charge in [-0.05, 0) is 18.2 Å². The molecule has 7 rings (SSSR count). The molecular weight excluding hydrogens is 546 g/mol. The zero-order valence-electron chi connectivity index (χ0n) is 21.7. The number of nitrogens with one attached hydrogen (secondary N) is 2. The second kappa shape index (κ2) is 9.55. The number of pyridine rings is 1. The summed E-state index contributed by atoms with van der Waals surface area (Å²) >= 11 is 0. The van der Waals surface area contributed by atoms with Crippen LogP contribution in [0.2, 0.25) is 0 Å². The molecule has 3 aromatic heterocycles. The van der Waals surface area contributed by atoms with Crippen LogP contribution in [0.5, 0.6) is 0 Å². The predicted octanol–water partition coefficient (Wildman–Crippen LogP) is 1.03. The topological polar surface area (TPSA) is 191 Å². The van der Waals surface area contributed by atoms with Crippen molar-refractivity contribution in [2.75, 3.05) is 25.0 Å². The van der Waals surface area contributed by atoms with Gasteiger partial charge in [0, 0.05) is 36.8 Å². The summed E-state index contributed by atoms with van der Waals surface area (Å²) in [5, 5.41) is 11.9. The van der Waals surface area contributed by atoms with Crippen molar-refractivity contribution in [1.82, 2.24) is 29.7 Å². The molecular formula is C28H21N7O7. The van der Waals surface area contributed by atoms with Crippen molar-refractivity contribution in [2.45, 2.75) is 18.2 Å². The van der Waals surface area contributed by atoms with Gasteiger partial charge in [0.15, 0.2) is 18.0 Å². The lowest BCUT2D eigenvalue weighted by Crippen LogP contribution is -2.56. The fourth-order valence-corrected chi connectivity index (χ4v) is 5.52. The third kappa shape index (κ3) is 4.07. The van der Waals surface area contributed by atoms with E-state index in [1.807, 2.05) is 6.07 Å². The number of hydrogen-bond donors (Lipinski definition) is 3. The van der Waals surface area contributed by atoms with Crippen molar-refractivity contribution >= 4 is 46.2 Å². The quantitative estimate of drug-likeness (QED) is 0.232. The van der Waals surface area contributed by atoms with E-state index >= 15 is 0 Å². The van der Waals surface area contributed by atoms with Gasteiger partial charge >= 0.3 is 5.97 Å². The summed E-state index contributed by atoms with van der Waals surface area (Å²) in [6.07, 6.45) is 1.86. The van der Waals surface area contributed by atoms with Gasteiger partial charge in [0.2, 0.25) is 0 Å². The van der Waals surface area contributed by atoms with Crippen LogP contribution in [0.25, 0.3) is 22.3 Å². The fraction of sp³-hybridized carbons (Fsp3) is 0.214. The number of carboxylic acid groups (broad SMARTS) is 1. The lowest BCUT2D eigenvalue weighted by molar-refractivity contribution is -0.138. The number of fused-ring (bicyclic) bond motifs is 5. The Kier molecular flexibility index (Phi) is 5.79. The van der Waals surface area contributed by atoms with Gasteiger partial charge in [-0.25, -0.2) is 9.78 Å². The molecule has 6 heterocycles. The second-order valence-corrected chi connectivity index (χ2v) is 10.1. The van der Waals surface area contributed by atoms with Crippen LogP contribution in [0.1, 0.15) is 32.5 Å². The molecule has 210 valence electrons. The third-order valence-electron chi connectivity index (χ3n) is 7.57. The molecule has 0 aliphatic carbocycles.